The molecular weight excluding hydrogens is 1030 g/mol. The van der Waals surface area contributed by atoms with Gasteiger partial charge in [0.05, 0.1) is 34.4 Å². The third kappa shape index (κ3) is 67.1. The molecule has 0 heterocycles. The molecule has 9 heteroatoms. The van der Waals surface area contributed by atoms with Crippen molar-refractivity contribution in [3.05, 3.63) is 24.3 Å². The molecule has 0 saturated heterocycles. The molecule has 0 bridgehead atoms. The number of unbranched alkanes of at least 4 members (excludes halogenated alkanes) is 50. The van der Waals surface area contributed by atoms with Crippen molar-refractivity contribution in [2.75, 3.05) is 47.5 Å². The molecule has 9 nitrogen and oxygen atoms in total. The monoisotopic (exact) mass is 1170 g/mol. The van der Waals surface area contributed by atoms with E-state index in [2.05, 4.69) is 38.2 Å². The van der Waals surface area contributed by atoms with Crippen LogP contribution in [0.1, 0.15) is 373 Å². The van der Waals surface area contributed by atoms with Crippen LogP contribution in [-0.2, 0) is 33.3 Å². The number of carboxylic acid groups (broad SMARTS) is 1. The van der Waals surface area contributed by atoms with Gasteiger partial charge < -0.3 is 28.5 Å². The number of hydrogen-bond donors (Lipinski definition) is 1. The number of hydrogen-bond acceptors (Lipinski definition) is 7. The van der Waals surface area contributed by atoms with E-state index in [1.165, 1.54) is 302 Å². The summed E-state index contributed by atoms with van der Waals surface area (Å²) < 4.78 is 23.0. The molecule has 83 heavy (non-hydrogen) atoms. The first-order valence-corrected chi connectivity index (χ1v) is 36.5. The topological polar surface area (TPSA) is 108 Å². The highest BCUT2D eigenvalue weighted by molar-refractivity contribution is 5.71. The van der Waals surface area contributed by atoms with Crippen LogP contribution in [0.4, 0.5) is 0 Å². The standard InChI is InChI=1S/C74H141NO8/c1-6-8-10-12-14-16-18-20-22-24-26-28-30-32-34-35-36-37-39-41-43-45-47-49-51-53-55-57-59-61-63-65-72(77)83-70(69-82-74(73(78)79)80-67-66-75(3,4)5)68-81-71(76)64-62-60-58-56-54-52-50-48-46-44-42-40-38-33-31-29-27-25-23-21-19-17-15-13-11-9-7-2/h18,20,24,26,70,74H,6-17,19,21-23,25,27-69H2,1-5H3/p+1/b20-18-,26-24-. The summed E-state index contributed by atoms with van der Waals surface area (Å²) in [7, 11) is 5.99. The van der Waals surface area contributed by atoms with E-state index in [-0.39, 0.29) is 38.2 Å². The number of esters is 2. The van der Waals surface area contributed by atoms with E-state index >= 15 is 0 Å². The molecular formula is C74H142NO8+. The molecule has 0 fully saturated rings. The fourth-order valence-corrected chi connectivity index (χ4v) is 11.1. The molecule has 0 aromatic carbocycles. The van der Waals surface area contributed by atoms with Gasteiger partial charge in [-0.15, -0.1) is 0 Å². The summed E-state index contributed by atoms with van der Waals surface area (Å²) in [6.07, 6.45) is 78.8. The summed E-state index contributed by atoms with van der Waals surface area (Å²) in [4.78, 5) is 37.6. The molecule has 0 amide bonds. The molecule has 490 valence electrons. The lowest BCUT2D eigenvalue weighted by Crippen LogP contribution is -2.40. The second kappa shape index (κ2) is 65.7. The maximum absolute atomic E-state index is 13.0. The Labute approximate surface area is 516 Å². The third-order valence-corrected chi connectivity index (χ3v) is 16.7. The minimum atomic E-state index is -1.51. The molecule has 0 aromatic heterocycles. The zero-order valence-corrected chi connectivity index (χ0v) is 56.1. The molecule has 0 aliphatic heterocycles. The molecule has 0 aliphatic rings. The Hall–Kier alpha value is -2.23. The minimum Gasteiger partial charge on any atom is -0.477 e. The summed E-state index contributed by atoms with van der Waals surface area (Å²) in [6, 6.07) is 0. The zero-order valence-electron chi connectivity index (χ0n) is 56.1. The van der Waals surface area contributed by atoms with Crippen molar-refractivity contribution in [2.24, 2.45) is 0 Å². The van der Waals surface area contributed by atoms with Gasteiger partial charge in [-0.1, -0.05) is 340 Å². The molecule has 0 radical (unpaired) electrons. The van der Waals surface area contributed by atoms with Crippen LogP contribution in [-0.4, -0.2) is 87.4 Å². The highest BCUT2D eigenvalue weighted by atomic mass is 16.7. The van der Waals surface area contributed by atoms with Crippen LogP contribution in [0.15, 0.2) is 24.3 Å². The Balaban J connectivity index is 4.03. The van der Waals surface area contributed by atoms with Crippen molar-refractivity contribution < 1.29 is 42.9 Å². The molecule has 0 rings (SSSR count). The van der Waals surface area contributed by atoms with Crippen LogP contribution in [0.25, 0.3) is 0 Å². The zero-order chi connectivity index (χ0) is 60.5. The first-order valence-electron chi connectivity index (χ1n) is 36.5. The van der Waals surface area contributed by atoms with Gasteiger partial charge in [-0.2, -0.15) is 0 Å². The summed E-state index contributed by atoms with van der Waals surface area (Å²) in [5, 5.41) is 9.75. The van der Waals surface area contributed by atoms with Crippen LogP contribution in [0.5, 0.6) is 0 Å². The van der Waals surface area contributed by atoms with Crippen LogP contribution >= 0.6 is 0 Å². The maximum atomic E-state index is 13.0. The Bertz CT molecular complexity index is 1410. The second-order valence-electron chi connectivity index (χ2n) is 26.3. The van der Waals surface area contributed by atoms with Crippen molar-refractivity contribution in [3.63, 3.8) is 0 Å². The van der Waals surface area contributed by atoms with Crippen LogP contribution in [0, 0.1) is 0 Å². The fraction of sp³-hybridized carbons (Fsp3) is 0.905. The van der Waals surface area contributed by atoms with Gasteiger partial charge in [0.2, 0.25) is 0 Å². The molecule has 2 unspecified atom stereocenters. The SMILES string of the molecule is CCCCCCC/C=C\C/C=C\CCCCCCCCCCCCCCCCCCCCCC(=O)OC(COC(=O)CCCCCCCCCCCCCCCCCCCCCCCCCCCCC)COC(OCC[N+](C)(C)C)C(=O)O. The van der Waals surface area contributed by atoms with Crippen molar-refractivity contribution in [1.82, 2.24) is 0 Å². The highest BCUT2D eigenvalue weighted by Gasteiger charge is 2.25. The average Bonchev–Trinajstić information content (AvgIpc) is 3.46. The van der Waals surface area contributed by atoms with Gasteiger partial charge in [-0.05, 0) is 44.9 Å². The number of quaternary nitrogens is 1. The third-order valence-electron chi connectivity index (χ3n) is 16.7. The fourth-order valence-electron chi connectivity index (χ4n) is 11.1. The molecule has 1 N–H and O–H groups in total. The lowest BCUT2D eigenvalue weighted by Gasteiger charge is -2.25. The first kappa shape index (κ1) is 80.8. The van der Waals surface area contributed by atoms with Crippen molar-refractivity contribution in [3.8, 4) is 0 Å². The van der Waals surface area contributed by atoms with E-state index in [9.17, 15) is 19.5 Å². The van der Waals surface area contributed by atoms with E-state index in [1.54, 1.807) is 0 Å². The summed E-state index contributed by atoms with van der Waals surface area (Å²) >= 11 is 0. The van der Waals surface area contributed by atoms with Gasteiger partial charge in [-0.25, -0.2) is 4.79 Å². The number of likely N-dealkylation sites (N-methyl/N-ethyl adjacent to an activating group) is 1. The number of nitrogens with zero attached hydrogens (tertiary/aromatic N) is 1. The summed E-state index contributed by atoms with van der Waals surface area (Å²) in [5.74, 6) is -1.97. The molecule has 0 spiro atoms. The maximum Gasteiger partial charge on any atom is 0.361 e. The Kier molecular flexibility index (Phi) is 64.0. The van der Waals surface area contributed by atoms with Gasteiger partial charge in [0, 0.05) is 12.8 Å². The van der Waals surface area contributed by atoms with Crippen LogP contribution in [0.3, 0.4) is 0 Å². The number of allylic oxidation sites excluding steroid dienone is 4. The van der Waals surface area contributed by atoms with Gasteiger partial charge in [0.1, 0.15) is 13.2 Å². The predicted molar refractivity (Wildman–Crippen MR) is 355 cm³/mol. The number of ether oxygens (including phenoxy) is 4. The van der Waals surface area contributed by atoms with Crippen molar-refractivity contribution in [2.45, 2.75) is 386 Å². The smallest absolute Gasteiger partial charge is 0.361 e. The Morgan fingerprint density at radius 1 is 0.361 bits per heavy atom. The van der Waals surface area contributed by atoms with Gasteiger partial charge in [0.15, 0.2) is 6.10 Å². The predicted octanol–water partition coefficient (Wildman–Crippen LogP) is 22.6. The molecule has 2 atom stereocenters. The number of carbonyl (C=O) groups is 3. The number of carboxylic acids is 1. The van der Waals surface area contributed by atoms with E-state index in [4.69, 9.17) is 18.9 Å². The summed E-state index contributed by atoms with van der Waals surface area (Å²) in [5.41, 5.74) is 0. The van der Waals surface area contributed by atoms with Gasteiger partial charge >= 0.3 is 17.9 Å². The number of aliphatic carboxylic acids is 1. The number of rotatable bonds is 69. The Morgan fingerprint density at radius 3 is 0.952 bits per heavy atom. The molecule has 0 aliphatic carbocycles. The largest absolute Gasteiger partial charge is 0.477 e. The first-order chi connectivity index (χ1) is 40.6. The number of carbonyl (C=O) groups excluding carboxylic acids is 2. The minimum absolute atomic E-state index is 0.174. The van der Waals surface area contributed by atoms with Crippen LogP contribution < -0.4 is 0 Å². The lowest BCUT2D eigenvalue weighted by molar-refractivity contribution is -0.870. The quantitative estimate of drug-likeness (QED) is 0.0211. The van der Waals surface area contributed by atoms with E-state index < -0.39 is 18.4 Å². The van der Waals surface area contributed by atoms with E-state index in [0.29, 0.717) is 17.4 Å². The summed E-state index contributed by atoms with van der Waals surface area (Å²) in [6.45, 7) is 4.95. The second-order valence-corrected chi connectivity index (χ2v) is 26.3. The van der Waals surface area contributed by atoms with Crippen LogP contribution in [0.2, 0.25) is 0 Å². The lowest BCUT2D eigenvalue weighted by atomic mass is 10.0. The van der Waals surface area contributed by atoms with Gasteiger partial charge in [0.25, 0.3) is 6.29 Å². The Morgan fingerprint density at radius 2 is 0.651 bits per heavy atom. The molecule has 0 saturated carbocycles. The van der Waals surface area contributed by atoms with Gasteiger partial charge in [-0.3, -0.25) is 9.59 Å². The van der Waals surface area contributed by atoms with Crippen molar-refractivity contribution >= 4 is 17.9 Å². The average molecular weight is 1170 g/mol. The van der Waals surface area contributed by atoms with E-state index in [0.717, 1.165) is 44.9 Å². The van der Waals surface area contributed by atoms with Crippen molar-refractivity contribution in [1.29, 1.82) is 0 Å². The molecule has 0 aromatic rings. The highest BCUT2D eigenvalue weighted by Crippen LogP contribution is 2.19. The normalized spacial score (nSPS) is 12.7. The van der Waals surface area contributed by atoms with E-state index in [1.807, 2.05) is 21.1 Å².